The van der Waals surface area contributed by atoms with Crippen molar-refractivity contribution in [2.24, 2.45) is 0 Å². The predicted molar refractivity (Wildman–Crippen MR) is 115 cm³/mol. The Morgan fingerprint density at radius 1 is 1.27 bits per heavy atom. The fourth-order valence-corrected chi connectivity index (χ4v) is 5.54. The minimum Gasteiger partial charge on any atom is -0.388 e. The maximum atomic E-state index is 13.0. The maximum absolute atomic E-state index is 13.0. The van der Waals surface area contributed by atoms with Crippen LogP contribution in [0.1, 0.15) is 50.6 Å². The molecule has 0 amide bonds. The highest BCUT2D eigenvalue weighted by molar-refractivity contribution is 7.88. The van der Waals surface area contributed by atoms with Gasteiger partial charge in [-0.1, -0.05) is 0 Å². The molecule has 2 fully saturated rings. The van der Waals surface area contributed by atoms with Crippen molar-refractivity contribution in [1.82, 2.24) is 18.8 Å². The second-order valence-corrected chi connectivity index (χ2v) is 10.8. The molecule has 1 aliphatic carbocycles. The van der Waals surface area contributed by atoms with Gasteiger partial charge in [-0.2, -0.15) is 4.98 Å². The molecule has 30 heavy (non-hydrogen) atoms. The lowest BCUT2D eigenvalue weighted by atomic mass is 9.99. The summed E-state index contributed by atoms with van der Waals surface area (Å²) in [6.07, 6.45) is 6.47. The first-order chi connectivity index (χ1) is 14.1. The van der Waals surface area contributed by atoms with Crippen molar-refractivity contribution in [1.29, 1.82) is 0 Å². The fraction of sp³-hybridized carbons (Fsp3) is 0.650. The lowest BCUT2D eigenvalue weighted by molar-refractivity contribution is 0.0266. The van der Waals surface area contributed by atoms with Gasteiger partial charge in [-0.05, 0) is 52.0 Å². The summed E-state index contributed by atoms with van der Waals surface area (Å²) in [5.74, 6) is 0.412. The van der Waals surface area contributed by atoms with Gasteiger partial charge in [0, 0.05) is 36.3 Å². The minimum atomic E-state index is -3.17. The van der Waals surface area contributed by atoms with E-state index < -0.39 is 15.6 Å². The predicted octanol–water partition coefficient (Wildman–Crippen LogP) is 1.41. The van der Waals surface area contributed by atoms with E-state index in [2.05, 4.69) is 15.3 Å². The summed E-state index contributed by atoms with van der Waals surface area (Å²) in [6.45, 7) is 4.46. The summed E-state index contributed by atoms with van der Waals surface area (Å²) < 4.78 is 26.5. The van der Waals surface area contributed by atoms with Gasteiger partial charge in [0.15, 0.2) is 0 Å². The number of rotatable bonds is 4. The van der Waals surface area contributed by atoms with Crippen molar-refractivity contribution < 1.29 is 13.5 Å². The average Bonchev–Trinajstić information content (AvgIpc) is 3.02. The summed E-state index contributed by atoms with van der Waals surface area (Å²) >= 11 is 0. The van der Waals surface area contributed by atoms with E-state index in [4.69, 9.17) is 0 Å². The van der Waals surface area contributed by atoms with Crippen LogP contribution in [0, 0.1) is 6.92 Å². The van der Waals surface area contributed by atoms with Gasteiger partial charge in [-0.3, -0.25) is 9.36 Å². The van der Waals surface area contributed by atoms with Crippen molar-refractivity contribution in [3.8, 4) is 0 Å². The highest BCUT2D eigenvalue weighted by Crippen LogP contribution is 2.39. The van der Waals surface area contributed by atoms with Crippen LogP contribution < -0.4 is 10.9 Å². The first kappa shape index (κ1) is 21.2. The monoisotopic (exact) mass is 435 g/mol. The van der Waals surface area contributed by atoms with E-state index >= 15 is 0 Å². The van der Waals surface area contributed by atoms with Gasteiger partial charge < -0.3 is 10.4 Å². The van der Waals surface area contributed by atoms with Gasteiger partial charge in [0.1, 0.15) is 5.65 Å². The summed E-state index contributed by atoms with van der Waals surface area (Å²) in [5.41, 5.74) is 0.0222. The summed E-state index contributed by atoms with van der Waals surface area (Å²) in [5, 5.41) is 14.9. The molecular formula is C20H29N5O4S. The molecule has 2 unspecified atom stereocenters. The smallest absolute Gasteiger partial charge is 0.255 e. The molecule has 1 saturated carbocycles. The maximum Gasteiger partial charge on any atom is 0.255 e. The van der Waals surface area contributed by atoms with Crippen LogP contribution in [0.2, 0.25) is 0 Å². The van der Waals surface area contributed by atoms with Crippen molar-refractivity contribution in [3.63, 3.8) is 0 Å². The Kier molecular flexibility index (Phi) is 5.36. The van der Waals surface area contributed by atoms with Crippen molar-refractivity contribution >= 4 is 27.0 Å². The van der Waals surface area contributed by atoms with Gasteiger partial charge in [0.05, 0.1) is 17.9 Å². The zero-order valence-corrected chi connectivity index (χ0v) is 18.4. The number of aryl methyl sites for hydroxylation is 1. The van der Waals surface area contributed by atoms with E-state index in [1.54, 1.807) is 30.7 Å². The lowest BCUT2D eigenvalue weighted by Gasteiger charge is -2.31. The molecule has 2 atom stereocenters. The molecule has 3 heterocycles. The molecule has 164 valence electrons. The second-order valence-electron chi connectivity index (χ2n) is 8.82. The molecule has 2 N–H and O–H groups in total. The number of anilines is 1. The Hall–Kier alpha value is -2.04. The highest BCUT2D eigenvalue weighted by atomic mass is 32.2. The van der Waals surface area contributed by atoms with Gasteiger partial charge in [0.2, 0.25) is 16.0 Å². The number of piperidine rings is 1. The molecule has 2 aliphatic rings. The molecule has 0 spiro atoms. The number of aromatic nitrogens is 3. The molecule has 0 bridgehead atoms. The molecule has 2 aromatic heterocycles. The van der Waals surface area contributed by atoms with Gasteiger partial charge in [-0.15, -0.1) is 0 Å². The zero-order chi connectivity index (χ0) is 21.7. The SMILES string of the molecule is Cc1cc2cnc(NC3CCN(S(C)(=O)=O)CC3)nc2n(C2CCCC2(C)O)c1=O. The van der Waals surface area contributed by atoms with E-state index in [-0.39, 0.29) is 17.6 Å². The number of nitrogens with zero attached hydrogens (tertiary/aromatic N) is 4. The molecular weight excluding hydrogens is 406 g/mol. The zero-order valence-electron chi connectivity index (χ0n) is 17.6. The Balaban J connectivity index is 1.65. The Morgan fingerprint density at radius 2 is 1.97 bits per heavy atom. The number of hydrogen-bond donors (Lipinski definition) is 2. The van der Waals surface area contributed by atoms with Crippen LogP contribution in [0.15, 0.2) is 17.1 Å². The standard InChI is InChI=1S/C20H29N5O4S/c1-13-11-14-12-21-19(22-15-6-9-24(10-7-15)30(3,28)29)23-17(14)25(18(13)26)16-5-4-8-20(16,2)27/h11-12,15-16,27H,4-10H2,1-3H3,(H,21,22,23). The topological polar surface area (TPSA) is 117 Å². The van der Waals surface area contributed by atoms with Crippen molar-refractivity contribution in [3.05, 3.63) is 28.2 Å². The van der Waals surface area contributed by atoms with Crippen LogP contribution in [-0.2, 0) is 10.0 Å². The van der Waals surface area contributed by atoms with Gasteiger partial charge >= 0.3 is 0 Å². The fourth-order valence-electron chi connectivity index (χ4n) is 4.67. The quantitative estimate of drug-likeness (QED) is 0.746. The van der Waals surface area contributed by atoms with Gasteiger partial charge in [-0.25, -0.2) is 17.7 Å². The molecule has 0 aromatic carbocycles. The van der Waals surface area contributed by atoms with Gasteiger partial charge in [0.25, 0.3) is 5.56 Å². The number of fused-ring (bicyclic) bond motifs is 1. The van der Waals surface area contributed by atoms with E-state index in [1.165, 1.54) is 10.6 Å². The number of sulfonamides is 1. The molecule has 4 rings (SSSR count). The minimum absolute atomic E-state index is 0.0562. The Morgan fingerprint density at radius 3 is 2.57 bits per heavy atom. The third kappa shape index (κ3) is 3.95. The number of aliphatic hydroxyl groups is 1. The van der Waals surface area contributed by atoms with Crippen LogP contribution in [0.5, 0.6) is 0 Å². The lowest BCUT2D eigenvalue weighted by Crippen LogP contribution is -2.42. The molecule has 1 saturated heterocycles. The van der Waals surface area contributed by atoms with Crippen LogP contribution in [0.4, 0.5) is 5.95 Å². The number of pyridine rings is 1. The third-order valence-electron chi connectivity index (χ3n) is 6.40. The van der Waals surface area contributed by atoms with E-state index in [9.17, 15) is 18.3 Å². The highest BCUT2D eigenvalue weighted by Gasteiger charge is 2.39. The number of hydrogen-bond acceptors (Lipinski definition) is 7. The first-order valence-electron chi connectivity index (χ1n) is 10.4. The summed E-state index contributed by atoms with van der Waals surface area (Å²) in [4.78, 5) is 22.1. The van der Waals surface area contributed by atoms with Crippen molar-refractivity contribution in [2.45, 2.75) is 63.6 Å². The van der Waals surface area contributed by atoms with E-state index in [0.717, 1.165) is 18.2 Å². The van der Waals surface area contributed by atoms with Crippen molar-refractivity contribution in [2.75, 3.05) is 24.7 Å². The van der Waals surface area contributed by atoms with E-state index in [1.807, 2.05) is 0 Å². The molecule has 9 nitrogen and oxygen atoms in total. The second kappa shape index (κ2) is 7.58. The first-order valence-corrected chi connectivity index (χ1v) is 12.2. The van der Waals surface area contributed by atoms with Crippen LogP contribution in [0.25, 0.3) is 11.0 Å². The van der Waals surface area contributed by atoms with Crippen LogP contribution in [0.3, 0.4) is 0 Å². The Bertz CT molecular complexity index is 1120. The van der Waals surface area contributed by atoms with Crippen LogP contribution in [-0.4, -0.2) is 63.4 Å². The molecule has 10 heteroatoms. The van der Waals surface area contributed by atoms with E-state index in [0.29, 0.717) is 49.5 Å². The molecule has 0 radical (unpaired) electrons. The summed E-state index contributed by atoms with van der Waals surface area (Å²) in [6, 6.07) is 1.51. The average molecular weight is 436 g/mol. The normalized spacial score (nSPS) is 26.3. The largest absolute Gasteiger partial charge is 0.388 e. The molecule has 1 aliphatic heterocycles. The number of nitrogens with one attached hydrogen (secondary N) is 1. The molecule has 2 aromatic rings. The Labute approximate surface area is 176 Å². The van der Waals surface area contributed by atoms with Crippen LogP contribution >= 0.6 is 0 Å². The third-order valence-corrected chi connectivity index (χ3v) is 7.70. The summed E-state index contributed by atoms with van der Waals surface area (Å²) in [7, 11) is -3.17.